The molecule has 2 aromatic heterocycles. The fourth-order valence-corrected chi connectivity index (χ4v) is 6.10. The van der Waals surface area contributed by atoms with Gasteiger partial charge in [-0.15, -0.1) is 11.3 Å². The van der Waals surface area contributed by atoms with E-state index in [0.29, 0.717) is 26.3 Å². The molecule has 1 amide bonds. The number of amides is 1. The van der Waals surface area contributed by atoms with Gasteiger partial charge in [-0.05, 0) is 32.8 Å². The lowest BCUT2D eigenvalue weighted by Crippen LogP contribution is -2.49. The average molecular weight is 465 g/mol. The third kappa shape index (κ3) is 4.93. The van der Waals surface area contributed by atoms with Gasteiger partial charge in [0.25, 0.3) is 0 Å². The van der Waals surface area contributed by atoms with E-state index in [9.17, 15) is 4.79 Å². The molecule has 0 aromatic carbocycles. The van der Waals surface area contributed by atoms with Crippen LogP contribution in [0.25, 0.3) is 10.2 Å². The van der Waals surface area contributed by atoms with Crippen molar-refractivity contribution in [1.82, 2.24) is 14.9 Å². The number of ether oxygens (including phenoxy) is 2. The van der Waals surface area contributed by atoms with E-state index in [-0.39, 0.29) is 11.7 Å². The number of carbonyl (C=O) groups excluding carboxylic acids is 1. The van der Waals surface area contributed by atoms with Crippen LogP contribution < -0.4 is 4.90 Å². The summed E-state index contributed by atoms with van der Waals surface area (Å²) in [5.41, 5.74) is 1.15. The van der Waals surface area contributed by atoms with Gasteiger partial charge >= 0.3 is 6.09 Å². The van der Waals surface area contributed by atoms with Crippen LogP contribution in [0.1, 0.15) is 51.0 Å². The standard InChI is InChI=1S/C22H32N4O3S2/c1-5-7-12-30-20-23-18(25-8-10-26(11-9-25)21(27)28-6-2)17-15-13-22(3,4)29-14-16(15)31-19(17)24-20/h5-14H2,1-4H3. The van der Waals surface area contributed by atoms with E-state index in [1.54, 1.807) is 28.0 Å². The van der Waals surface area contributed by atoms with Gasteiger partial charge in [0.05, 0.1) is 24.2 Å². The SMILES string of the molecule is CCCCSc1nc(N2CCN(C(=O)OCC)CC2)c2c3c(sc2n1)COC(C)(C)C3. The number of hydrogen-bond acceptors (Lipinski definition) is 8. The second-order valence-corrected chi connectivity index (χ2v) is 10.8. The molecule has 0 bridgehead atoms. The molecule has 31 heavy (non-hydrogen) atoms. The van der Waals surface area contributed by atoms with Gasteiger partial charge in [-0.1, -0.05) is 25.1 Å². The van der Waals surface area contributed by atoms with Crippen molar-refractivity contribution in [2.75, 3.05) is 43.4 Å². The lowest BCUT2D eigenvalue weighted by atomic mass is 9.94. The van der Waals surface area contributed by atoms with Crippen LogP contribution in [0.5, 0.6) is 0 Å². The maximum absolute atomic E-state index is 12.1. The van der Waals surface area contributed by atoms with Gasteiger partial charge in [0.1, 0.15) is 10.6 Å². The Morgan fingerprint density at radius 2 is 2.00 bits per heavy atom. The normalized spacial score (nSPS) is 18.3. The van der Waals surface area contributed by atoms with Crippen molar-refractivity contribution in [3.63, 3.8) is 0 Å². The van der Waals surface area contributed by atoms with E-state index in [1.165, 1.54) is 15.8 Å². The number of piperazine rings is 1. The van der Waals surface area contributed by atoms with Gasteiger partial charge in [-0.2, -0.15) is 0 Å². The van der Waals surface area contributed by atoms with Gasteiger partial charge < -0.3 is 19.3 Å². The summed E-state index contributed by atoms with van der Waals surface area (Å²) >= 11 is 3.48. The highest BCUT2D eigenvalue weighted by atomic mass is 32.2. The molecule has 170 valence electrons. The van der Waals surface area contributed by atoms with Crippen LogP contribution in [0.15, 0.2) is 5.16 Å². The summed E-state index contributed by atoms with van der Waals surface area (Å²) < 4.78 is 11.2. The van der Waals surface area contributed by atoms with Crippen molar-refractivity contribution in [3.05, 3.63) is 10.4 Å². The molecule has 7 nitrogen and oxygen atoms in total. The summed E-state index contributed by atoms with van der Waals surface area (Å²) in [4.78, 5) is 28.5. The zero-order valence-electron chi connectivity index (χ0n) is 18.9. The topological polar surface area (TPSA) is 67.8 Å². The number of nitrogens with zero attached hydrogens (tertiary/aromatic N) is 4. The molecule has 1 fully saturated rings. The minimum absolute atomic E-state index is 0.185. The molecule has 4 rings (SSSR count). The fraction of sp³-hybridized carbons (Fsp3) is 0.682. The summed E-state index contributed by atoms with van der Waals surface area (Å²) in [6, 6.07) is 0. The molecule has 1 saturated heterocycles. The first-order valence-corrected chi connectivity index (χ1v) is 13.0. The highest BCUT2D eigenvalue weighted by molar-refractivity contribution is 7.99. The summed E-state index contributed by atoms with van der Waals surface area (Å²) in [6.45, 7) is 12.2. The third-order valence-electron chi connectivity index (χ3n) is 5.73. The number of thioether (sulfide) groups is 1. The summed E-state index contributed by atoms with van der Waals surface area (Å²) in [5.74, 6) is 2.04. The van der Waals surface area contributed by atoms with Crippen molar-refractivity contribution in [3.8, 4) is 0 Å². The van der Waals surface area contributed by atoms with Crippen molar-refractivity contribution in [2.24, 2.45) is 0 Å². The number of anilines is 1. The first-order valence-electron chi connectivity index (χ1n) is 11.2. The molecule has 0 N–H and O–H groups in total. The zero-order chi connectivity index (χ0) is 22.0. The maximum atomic E-state index is 12.1. The molecule has 0 unspecified atom stereocenters. The zero-order valence-corrected chi connectivity index (χ0v) is 20.5. The molecule has 2 aromatic rings. The molecule has 4 heterocycles. The van der Waals surface area contributed by atoms with Gasteiger partial charge in [-0.3, -0.25) is 0 Å². The number of carbonyl (C=O) groups is 1. The molecule has 0 spiro atoms. The first kappa shape index (κ1) is 22.6. The van der Waals surface area contributed by atoms with E-state index in [4.69, 9.17) is 19.4 Å². The third-order valence-corrected chi connectivity index (χ3v) is 7.76. The van der Waals surface area contributed by atoms with Crippen molar-refractivity contribution in [1.29, 1.82) is 0 Å². The fourth-order valence-electron chi connectivity index (χ4n) is 4.02. The molecular formula is C22H32N4O3S2. The summed E-state index contributed by atoms with van der Waals surface area (Å²) in [6.07, 6.45) is 2.96. The Hall–Kier alpha value is -1.58. The highest BCUT2D eigenvalue weighted by Gasteiger charge is 2.33. The molecule has 0 radical (unpaired) electrons. The number of hydrogen-bond donors (Lipinski definition) is 0. The van der Waals surface area contributed by atoms with Crippen LogP contribution in [0, 0.1) is 0 Å². The second-order valence-electron chi connectivity index (χ2n) is 8.61. The Balaban J connectivity index is 1.67. The molecule has 9 heteroatoms. The predicted octanol–water partition coefficient (Wildman–Crippen LogP) is 4.71. The molecule has 0 atom stereocenters. The second kappa shape index (κ2) is 9.50. The molecule has 2 aliphatic heterocycles. The largest absolute Gasteiger partial charge is 0.450 e. The van der Waals surface area contributed by atoms with Crippen LogP contribution in [0.2, 0.25) is 0 Å². The van der Waals surface area contributed by atoms with E-state index in [2.05, 4.69) is 25.7 Å². The minimum Gasteiger partial charge on any atom is -0.450 e. The predicted molar refractivity (Wildman–Crippen MR) is 126 cm³/mol. The minimum atomic E-state index is -0.224. The highest BCUT2D eigenvalue weighted by Crippen LogP contribution is 2.42. The number of aromatic nitrogens is 2. The van der Waals surface area contributed by atoms with Crippen LogP contribution in [-0.4, -0.2) is 65.1 Å². The first-order chi connectivity index (χ1) is 14.9. The Morgan fingerprint density at radius 1 is 1.23 bits per heavy atom. The smallest absolute Gasteiger partial charge is 0.409 e. The Bertz CT molecular complexity index is 938. The van der Waals surface area contributed by atoms with Gasteiger partial charge in [0, 0.05) is 43.2 Å². The maximum Gasteiger partial charge on any atom is 0.409 e. The van der Waals surface area contributed by atoms with Crippen LogP contribution in [0.3, 0.4) is 0 Å². The average Bonchev–Trinajstić information content (AvgIpc) is 3.10. The summed E-state index contributed by atoms with van der Waals surface area (Å²) in [7, 11) is 0. The quantitative estimate of drug-likeness (QED) is 0.348. The number of thiophene rings is 1. The lowest BCUT2D eigenvalue weighted by Gasteiger charge is -2.35. The number of unbranched alkanes of at least 4 members (excludes halogenated alkanes) is 1. The van der Waals surface area contributed by atoms with Crippen LogP contribution in [-0.2, 0) is 22.5 Å². The van der Waals surface area contributed by atoms with Crippen LogP contribution >= 0.6 is 23.1 Å². The molecular weight excluding hydrogens is 432 g/mol. The lowest BCUT2D eigenvalue weighted by molar-refractivity contribution is -0.0379. The molecule has 2 aliphatic rings. The van der Waals surface area contributed by atoms with E-state index in [0.717, 1.165) is 53.9 Å². The van der Waals surface area contributed by atoms with E-state index >= 15 is 0 Å². The van der Waals surface area contributed by atoms with E-state index in [1.807, 2.05) is 6.92 Å². The van der Waals surface area contributed by atoms with E-state index < -0.39 is 0 Å². The number of rotatable bonds is 6. The van der Waals surface area contributed by atoms with Crippen molar-refractivity contribution < 1.29 is 14.3 Å². The van der Waals surface area contributed by atoms with Crippen molar-refractivity contribution in [2.45, 2.75) is 64.3 Å². The van der Waals surface area contributed by atoms with Gasteiger partial charge in [0.15, 0.2) is 5.16 Å². The van der Waals surface area contributed by atoms with Gasteiger partial charge in [-0.25, -0.2) is 14.8 Å². The van der Waals surface area contributed by atoms with Crippen molar-refractivity contribution >= 4 is 45.2 Å². The molecule has 0 aliphatic carbocycles. The number of fused-ring (bicyclic) bond motifs is 3. The molecule has 0 saturated carbocycles. The monoisotopic (exact) mass is 464 g/mol. The Kier molecular flexibility index (Phi) is 6.93. The van der Waals surface area contributed by atoms with Crippen LogP contribution in [0.4, 0.5) is 10.6 Å². The van der Waals surface area contributed by atoms with Gasteiger partial charge in [0.2, 0.25) is 0 Å². The Labute approximate surface area is 192 Å². The summed E-state index contributed by atoms with van der Waals surface area (Å²) in [5, 5.41) is 2.03. The Morgan fingerprint density at radius 3 is 2.71 bits per heavy atom.